The quantitative estimate of drug-likeness (QED) is 0.782. The monoisotopic (exact) mass is 318 g/mol. The van der Waals surface area contributed by atoms with E-state index >= 15 is 0 Å². The average molecular weight is 319 g/mol. The second-order valence-electron chi connectivity index (χ2n) is 5.58. The first-order chi connectivity index (χ1) is 9.66. The van der Waals surface area contributed by atoms with Crippen molar-refractivity contribution >= 4 is 24.2 Å². The molecular weight excluding hydrogens is 292 g/mol. The number of halogens is 1. The zero-order valence-electron chi connectivity index (χ0n) is 12.8. The predicted molar refractivity (Wildman–Crippen MR) is 84.6 cm³/mol. The lowest BCUT2D eigenvalue weighted by Crippen LogP contribution is -2.47. The fourth-order valence-corrected chi connectivity index (χ4v) is 2.84. The van der Waals surface area contributed by atoms with Crippen molar-refractivity contribution in [3.05, 3.63) is 0 Å². The highest BCUT2D eigenvalue weighted by Gasteiger charge is 2.19. The number of carbonyl (C=O) groups excluding carboxylic acids is 2. The molecule has 6 nitrogen and oxygen atoms in total. The van der Waals surface area contributed by atoms with Crippen molar-refractivity contribution in [2.24, 2.45) is 0 Å². The molecule has 21 heavy (non-hydrogen) atoms. The first-order valence-corrected chi connectivity index (χ1v) is 7.63. The van der Waals surface area contributed by atoms with Crippen molar-refractivity contribution in [2.45, 2.75) is 19.8 Å². The van der Waals surface area contributed by atoms with E-state index in [4.69, 9.17) is 0 Å². The zero-order valence-corrected chi connectivity index (χ0v) is 13.7. The molecule has 0 bridgehead atoms. The van der Waals surface area contributed by atoms with Crippen LogP contribution in [0.3, 0.4) is 0 Å². The van der Waals surface area contributed by atoms with E-state index in [1.165, 1.54) is 0 Å². The first kappa shape index (κ1) is 18.2. The summed E-state index contributed by atoms with van der Waals surface area (Å²) in [6, 6.07) is 0. The van der Waals surface area contributed by atoms with Gasteiger partial charge in [0.15, 0.2) is 0 Å². The summed E-state index contributed by atoms with van der Waals surface area (Å²) in [5.41, 5.74) is 0. The molecule has 0 aromatic heterocycles. The van der Waals surface area contributed by atoms with Crippen LogP contribution in [0.15, 0.2) is 0 Å². The number of piperazine rings is 1. The predicted octanol–water partition coefficient (Wildman–Crippen LogP) is -0.216. The Morgan fingerprint density at radius 3 is 2.33 bits per heavy atom. The summed E-state index contributed by atoms with van der Waals surface area (Å²) in [5, 5.41) is 3.26. The molecule has 2 rings (SSSR count). The van der Waals surface area contributed by atoms with E-state index in [0.29, 0.717) is 6.42 Å². The highest BCUT2D eigenvalue weighted by Crippen LogP contribution is 2.05. The van der Waals surface area contributed by atoms with Gasteiger partial charge in [-0.2, -0.15) is 0 Å². The second-order valence-corrected chi connectivity index (χ2v) is 5.58. The number of hydrogen-bond acceptors (Lipinski definition) is 4. The van der Waals surface area contributed by atoms with E-state index in [0.717, 1.165) is 65.3 Å². The maximum absolute atomic E-state index is 12.1. The minimum absolute atomic E-state index is 0. The van der Waals surface area contributed by atoms with Gasteiger partial charge in [0.25, 0.3) is 0 Å². The summed E-state index contributed by atoms with van der Waals surface area (Å²) < 4.78 is 0. The molecular formula is C14H27ClN4O2. The molecule has 0 atom stereocenters. The molecule has 2 aliphatic rings. The Morgan fingerprint density at radius 2 is 1.67 bits per heavy atom. The van der Waals surface area contributed by atoms with Gasteiger partial charge in [0, 0.05) is 65.7 Å². The molecule has 0 aromatic rings. The van der Waals surface area contributed by atoms with Gasteiger partial charge in [0.1, 0.15) is 0 Å². The molecule has 0 aliphatic carbocycles. The Morgan fingerprint density at radius 1 is 0.952 bits per heavy atom. The summed E-state index contributed by atoms with van der Waals surface area (Å²) in [6.07, 6.45) is 1.60. The summed E-state index contributed by atoms with van der Waals surface area (Å²) in [5.74, 6) is 0.419. The van der Waals surface area contributed by atoms with Crippen molar-refractivity contribution in [2.75, 3.05) is 58.9 Å². The molecule has 2 heterocycles. The molecule has 0 radical (unpaired) electrons. The lowest BCUT2D eigenvalue weighted by molar-refractivity contribution is -0.132. The SMILES string of the molecule is CC(=O)N1CCCN(CCC(=O)N2CCNCC2)CC1.Cl. The number of nitrogens with one attached hydrogen (secondary N) is 1. The van der Waals surface area contributed by atoms with Crippen LogP contribution in [-0.4, -0.2) is 85.4 Å². The molecule has 2 fully saturated rings. The Bertz CT molecular complexity index is 348. The van der Waals surface area contributed by atoms with Gasteiger partial charge in [0.2, 0.25) is 11.8 Å². The topological polar surface area (TPSA) is 55.9 Å². The number of hydrogen-bond donors (Lipinski definition) is 1. The van der Waals surface area contributed by atoms with E-state index in [2.05, 4.69) is 10.2 Å². The summed E-state index contributed by atoms with van der Waals surface area (Å²) in [6.45, 7) is 9.42. The fourth-order valence-electron chi connectivity index (χ4n) is 2.84. The number of rotatable bonds is 3. The van der Waals surface area contributed by atoms with Crippen molar-refractivity contribution in [3.8, 4) is 0 Å². The first-order valence-electron chi connectivity index (χ1n) is 7.63. The Kier molecular flexibility index (Phi) is 8.00. The molecule has 0 aromatic carbocycles. The van der Waals surface area contributed by atoms with Gasteiger partial charge in [-0.1, -0.05) is 0 Å². The molecule has 7 heteroatoms. The van der Waals surface area contributed by atoms with Gasteiger partial charge in [-0.3, -0.25) is 9.59 Å². The molecule has 122 valence electrons. The lowest BCUT2D eigenvalue weighted by atomic mass is 10.3. The highest BCUT2D eigenvalue weighted by atomic mass is 35.5. The van der Waals surface area contributed by atoms with Gasteiger partial charge in [-0.15, -0.1) is 12.4 Å². The van der Waals surface area contributed by atoms with Crippen LogP contribution in [0.5, 0.6) is 0 Å². The molecule has 2 saturated heterocycles. The van der Waals surface area contributed by atoms with Crippen LogP contribution in [0.1, 0.15) is 19.8 Å². The summed E-state index contributed by atoms with van der Waals surface area (Å²) in [4.78, 5) is 29.6. The van der Waals surface area contributed by atoms with E-state index in [1.807, 2.05) is 9.80 Å². The highest BCUT2D eigenvalue weighted by molar-refractivity contribution is 5.85. The van der Waals surface area contributed by atoms with E-state index in [9.17, 15) is 9.59 Å². The molecule has 0 spiro atoms. The number of carbonyl (C=O) groups is 2. The molecule has 0 saturated carbocycles. The van der Waals surface area contributed by atoms with Crippen molar-refractivity contribution in [3.63, 3.8) is 0 Å². The van der Waals surface area contributed by atoms with Crippen LogP contribution in [0.4, 0.5) is 0 Å². The maximum Gasteiger partial charge on any atom is 0.223 e. The molecule has 0 unspecified atom stereocenters. The van der Waals surface area contributed by atoms with Gasteiger partial charge < -0.3 is 20.0 Å². The van der Waals surface area contributed by atoms with Crippen LogP contribution >= 0.6 is 12.4 Å². The standard InChI is InChI=1S/C14H26N4O2.ClH/c1-13(19)17-7-2-6-16(11-12-17)8-3-14(20)18-9-4-15-5-10-18;/h15H,2-12H2,1H3;1H. The molecule has 2 aliphatic heterocycles. The third-order valence-corrected chi connectivity index (χ3v) is 4.15. The van der Waals surface area contributed by atoms with Gasteiger partial charge >= 0.3 is 0 Å². The zero-order chi connectivity index (χ0) is 14.4. The minimum atomic E-state index is 0. The fraction of sp³-hybridized carbons (Fsp3) is 0.857. The van der Waals surface area contributed by atoms with Crippen LogP contribution in [0.25, 0.3) is 0 Å². The van der Waals surface area contributed by atoms with Crippen molar-refractivity contribution in [1.29, 1.82) is 0 Å². The second kappa shape index (κ2) is 9.23. The van der Waals surface area contributed by atoms with Crippen LogP contribution in [0, 0.1) is 0 Å². The average Bonchev–Trinajstić information content (AvgIpc) is 2.71. The lowest BCUT2D eigenvalue weighted by Gasteiger charge is -2.28. The molecule has 2 amide bonds. The van der Waals surface area contributed by atoms with Crippen LogP contribution < -0.4 is 5.32 Å². The third kappa shape index (κ3) is 5.80. The van der Waals surface area contributed by atoms with Gasteiger partial charge in [-0.05, 0) is 13.0 Å². The van der Waals surface area contributed by atoms with Gasteiger partial charge in [-0.25, -0.2) is 0 Å². The summed E-state index contributed by atoms with van der Waals surface area (Å²) >= 11 is 0. The van der Waals surface area contributed by atoms with Crippen molar-refractivity contribution in [1.82, 2.24) is 20.0 Å². The van der Waals surface area contributed by atoms with Gasteiger partial charge in [0.05, 0.1) is 0 Å². The molecule has 1 N–H and O–H groups in total. The Hall–Kier alpha value is -0.850. The minimum Gasteiger partial charge on any atom is -0.342 e. The number of nitrogens with zero attached hydrogens (tertiary/aromatic N) is 3. The Labute approximate surface area is 133 Å². The van der Waals surface area contributed by atoms with Crippen LogP contribution in [-0.2, 0) is 9.59 Å². The largest absolute Gasteiger partial charge is 0.342 e. The Balaban J connectivity index is 0.00000220. The third-order valence-electron chi connectivity index (χ3n) is 4.15. The summed E-state index contributed by atoms with van der Waals surface area (Å²) in [7, 11) is 0. The normalized spacial score (nSPS) is 20.6. The van der Waals surface area contributed by atoms with Crippen LogP contribution in [0.2, 0.25) is 0 Å². The van der Waals surface area contributed by atoms with E-state index in [-0.39, 0.29) is 24.2 Å². The van der Waals surface area contributed by atoms with Crippen molar-refractivity contribution < 1.29 is 9.59 Å². The maximum atomic E-state index is 12.1. The number of amides is 2. The smallest absolute Gasteiger partial charge is 0.223 e. The van der Waals surface area contributed by atoms with E-state index < -0.39 is 0 Å². The van der Waals surface area contributed by atoms with E-state index in [1.54, 1.807) is 6.92 Å².